The average Bonchev–Trinajstić information content (AvgIpc) is 2.27. The highest BCUT2D eigenvalue weighted by atomic mass is 31.2. The Kier molecular flexibility index (Phi) is 8.23. The highest BCUT2D eigenvalue weighted by Crippen LogP contribution is 2.60. The molecule has 0 saturated heterocycles. The summed E-state index contributed by atoms with van der Waals surface area (Å²) in [5.74, 6) is 0. The van der Waals surface area contributed by atoms with Crippen LogP contribution < -0.4 is 5.73 Å². The zero-order valence-corrected chi connectivity index (χ0v) is 12.5. The van der Waals surface area contributed by atoms with Gasteiger partial charge in [0.05, 0.1) is 6.61 Å². The standard InChI is InChI=1S/C11H25FNO4P/c1-5-15-11(4,16-6-2)18(14,17-7-3)9-8-10(12)13/h10H,5-9,13H2,1-4H3. The van der Waals surface area contributed by atoms with E-state index >= 15 is 0 Å². The van der Waals surface area contributed by atoms with Crippen LogP contribution >= 0.6 is 7.37 Å². The van der Waals surface area contributed by atoms with Crippen LogP contribution in [0.25, 0.3) is 0 Å². The van der Waals surface area contributed by atoms with Gasteiger partial charge in [-0.15, -0.1) is 0 Å². The minimum Gasteiger partial charge on any atom is -0.342 e. The molecule has 0 heterocycles. The number of alkyl halides is 1. The maximum absolute atomic E-state index is 12.8. The summed E-state index contributed by atoms with van der Waals surface area (Å²) in [6, 6.07) is 0. The van der Waals surface area contributed by atoms with Crippen molar-refractivity contribution in [3.63, 3.8) is 0 Å². The number of nitrogens with two attached hydrogens (primary N) is 1. The van der Waals surface area contributed by atoms with Gasteiger partial charge in [-0.3, -0.25) is 4.57 Å². The highest BCUT2D eigenvalue weighted by Gasteiger charge is 2.47. The Balaban J connectivity index is 5.04. The van der Waals surface area contributed by atoms with Gasteiger partial charge in [-0.1, -0.05) is 0 Å². The van der Waals surface area contributed by atoms with E-state index in [1.54, 1.807) is 27.7 Å². The molecule has 2 atom stereocenters. The zero-order valence-electron chi connectivity index (χ0n) is 11.6. The normalized spacial score (nSPS) is 17.4. The monoisotopic (exact) mass is 285 g/mol. The first-order valence-electron chi connectivity index (χ1n) is 6.26. The van der Waals surface area contributed by atoms with Crippen LogP contribution in [0.4, 0.5) is 4.39 Å². The van der Waals surface area contributed by atoms with Crippen LogP contribution in [0, 0.1) is 0 Å². The summed E-state index contributed by atoms with van der Waals surface area (Å²) in [6.07, 6.45) is -1.58. The van der Waals surface area contributed by atoms with Crippen molar-refractivity contribution in [3.05, 3.63) is 0 Å². The molecule has 0 radical (unpaired) electrons. The van der Waals surface area contributed by atoms with Crippen LogP contribution in [0.5, 0.6) is 0 Å². The molecule has 0 aromatic carbocycles. The molecule has 0 rings (SSSR count). The van der Waals surface area contributed by atoms with Gasteiger partial charge >= 0.3 is 0 Å². The van der Waals surface area contributed by atoms with Crippen LogP contribution in [0.1, 0.15) is 34.1 Å². The summed E-state index contributed by atoms with van der Waals surface area (Å²) in [5.41, 5.74) is 3.72. The van der Waals surface area contributed by atoms with Crippen LogP contribution in [0.2, 0.25) is 0 Å². The van der Waals surface area contributed by atoms with Gasteiger partial charge < -0.3 is 19.7 Å². The Morgan fingerprint density at radius 3 is 2.06 bits per heavy atom. The molecule has 2 unspecified atom stereocenters. The van der Waals surface area contributed by atoms with Crippen molar-refractivity contribution in [3.8, 4) is 0 Å². The molecule has 5 nitrogen and oxygen atoms in total. The van der Waals surface area contributed by atoms with E-state index in [2.05, 4.69) is 0 Å². The third-order valence-electron chi connectivity index (χ3n) is 2.48. The Hall–Kier alpha value is -0.0000000000000000486. The highest BCUT2D eigenvalue weighted by molar-refractivity contribution is 7.60. The fourth-order valence-electron chi connectivity index (χ4n) is 1.66. The van der Waals surface area contributed by atoms with Crippen molar-refractivity contribution >= 4 is 7.37 Å². The van der Waals surface area contributed by atoms with Crippen molar-refractivity contribution < 1.29 is 23.0 Å². The molecule has 0 saturated carbocycles. The molecule has 0 fully saturated rings. The molecule has 0 amide bonds. The van der Waals surface area contributed by atoms with Gasteiger partial charge in [0.1, 0.15) is 6.30 Å². The SMILES string of the molecule is CCOC(C)(OCC)P(=O)(CCC(N)F)OCC. The fraction of sp³-hybridized carbons (Fsp3) is 1.00. The Bertz CT molecular complexity index is 270. The Morgan fingerprint density at radius 1 is 1.22 bits per heavy atom. The third-order valence-corrected chi connectivity index (χ3v) is 5.50. The molecule has 7 heteroatoms. The van der Waals surface area contributed by atoms with Crippen LogP contribution in [0.15, 0.2) is 0 Å². The lowest BCUT2D eigenvalue weighted by Crippen LogP contribution is -2.35. The Labute approximate surface area is 109 Å². The molecule has 110 valence electrons. The van der Waals surface area contributed by atoms with Crippen LogP contribution in [-0.2, 0) is 18.6 Å². The number of rotatable bonds is 10. The molecule has 18 heavy (non-hydrogen) atoms. The lowest BCUT2D eigenvalue weighted by atomic mass is 10.5. The molecular formula is C11H25FNO4P. The topological polar surface area (TPSA) is 70.8 Å². The van der Waals surface area contributed by atoms with Gasteiger partial charge in [0.15, 0.2) is 0 Å². The molecule has 0 aliphatic carbocycles. The number of hydrogen-bond acceptors (Lipinski definition) is 5. The quantitative estimate of drug-likeness (QED) is 0.379. The zero-order chi connectivity index (χ0) is 14.2. The molecule has 0 aromatic rings. The largest absolute Gasteiger partial charge is 0.342 e. The van der Waals surface area contributed by atoms with E-state index < -0.39 is 19.2 Å². The first-order valence-corrected chi connectivity index (χ1v) is 8.07. The van der Waals surface area contributed by atoms with Crippen LogP contribution in [0.3, 0.4) is 0 Å². The molecule has 0 aliphatic rings. The van der Waals surface area contributed by atoms with E-state index in [-0.39, 0.29) is 19.2 Å². The molecule has 0 spiro atoms. The summed E-state index contributed by atoms with van der Waals surface area (Å²) in [4.78, 5) is 0. The fourth-order valence-corrected chi connectivity index (χ4v) is 4.09. The first kappa shape index (κ1) is 18.0. The summed E-state index contributed by atoms with van der Waals surface area (Å²) in [5, 5.41) is 0. The van der Waals surface area contributed by atoms with E-state index in [9.17, 15) is 8.96 Å². The maximum Gasteiger partial charge on any atom is 0.260 e. The lowest BCUT2D eigenvalue weighted by molar-refractivity contribution is -0.168. The second kappa shape index (κ2) is 8.23. The molecule has 0 aromatic heterocycles. The van der Waals surface area contributed by atoms with E-state index in [0.29, 0.717) is 13.2 Å². The lowest BCUT2D eigenvalue weighted by Gasteiger charge is -2.36. The number of ether oxygens (including phenoxy) is 2. The van der Waals surface area contributed by atoms with E-state index in [1.165, 1.54) is 0 Å². The predicted octanol–water partition coefficient (Wildman–Crippen LogP) is 2.69. The van der Waals surface area contributed by atoms with Gasteiger partial charge in [-0.25, -0.2) is 4.39 Å². The van der Waals surface area contributed by atoms with Gasteiger partial charge in [-0.05, 0) is 27.7 Å². The van der Waals surface area contributed by atoms with Crippen molar-refractivity contribution in [2.75, 3.05) is 26.0 Å². The summed E-state index contributed by atoms with van der Waals surface area (Å²) < 4.78 is 41.8. The summed E-state index contributed by atoms with van der Waals surface area (Å²) in [6.45, 7) is 7.74. The summed E-state index contributed by atoms with van der Waals surface area (Å²) in [7, 11) is -3.29. The number of hydrogen-bond donors (Lipinski definition) is 1. The van der Waals surface area contributed by atoms with Crippen molar-refractivity contribution in [1.29, 1.82) is 0 Å². The molecular weight excluding hydrogens is 260 g/mol. The van der Waals surface area contributed by atoms with E-state index in [0.717, 1.165) is 0 Å². The summed E-state index contributed by atoms with van der Waals surface area (Å²) >= 11 is 0. The van der Waals surface area contributed by atoms with Crippen molar-refractivity contribution in [1.82, 2.24) is 0 Å². The van der Waals surface area contributed by atoms with Gasteiger partial charge in [0, 0.05) is 25.8 Å². The minimum absolute atomic E-state index is 0.00495. The van der Waals surface area contributed by atoms with Crippen LogP contribution in [-0.4, -0.2) is 37.8 Å². The van der Waals surface area contributed by atoms with Gasteiger partial charge in [-0.2, -0.15) is 0 Å². The van der Waals surface area contributed by atoms with E-state index in [4.69, 9.17) is 19.7 Å². The van der Waals surface area contributed by atoms with E-state index in [1.807, 2.05) is 0 Å². The van der Waals surface area contributed by atoms with Crippen molar-refractivity contribution in [2.24, 2.45) is 5.73 Å². The number of halogens is 1. The molecule has 2 N–H and O–H groups in total. The smallest absolute Gasteiger partial charge is 0.260 e. The molecule has 0 aliphatic heterocycles. The Morgan fingerprint density at radius 2 is 1.72 bits per heavy atom. The second-order valence-corrected chi connectivity index (χ2v) is 6.75. The van der Waals surface area contributed by atoms with Gasteiger partial charge in [0.25, 0.3) is 7.37 Å². The predicted molar refractivity (Wildman–Crippen MR) is 69.5 cm³/mol. The van der Waals surface area contributed by atoms with Crippen molar-refractivity contribution in [2.45, 2.75) is 45.9 Å². The maximum atomic E-state index is 12.8. The molecule has 0 bridgehead atoms. The average molecular weight is 285 g/mol. The first-order chi connectivity index (χ1) is 8.35. The second-order valence-electron chi connectivity index (χ2n) is 3.88. The minimum atomic E-state index is -3.29. The van der Waals surface area contributed by atoms with Gasteiger partial charge in [0.2, 0.25) is 5.53 Å². The third kappa shape index (κ3) is 4.94.